The summed E-state index contributed by atoms with van der Waals surface area (Å²) < 4.78 is 0. The number of nitrogens with one attached hydrogen (secondary N) is 1. The molecule has 1 N–H and O–H groups in total. The molecule has 3 aliphatic rings. The molecular weight excluding hydrogens is 246 g/mol. The zero-order valence-corrected chi connectivity index (χ0v) is 13.3. The van der Waals surface area contributed by atoms with Gasteiger partial charge < -0.3 is 10.2 Å². The first-order chi connectivity index (χ1) is 9.86. The third kappa shape index (κ3) is 3.55. The molecular formula is C17H33N3. The first kappa shape index (κ1) is 14.8. The first-order valence-electron chi connectivity index (χ1n) is 9.06. The summed E-state index contributed by atoms with van der Waals surface area (Å²) in [7, 11) is 0. The Morgan fingerprint density at radius 3 is 2.65 bits per heavy atom. The summed E-state index contributed by atoms with van der Waals surface area (Å²) in [5.74, 6) is 0.916. The molecule has 2 saturated heterocycles. The number of rotatable bonds is 6. The van der Waals surface area contributed by atoms with Crippen LogP contribution in [0, 0.1) is 5.92 Å². The van der Waals surface area contributed by atoms with Gasteiger partial charge in [0.25, 0.3) is 0 Å². The van der Waals surface area contributed by atoms with E-state index in [-0.39, 0.29) is 0 Å². The second-order valence-corrected chi connectivity index (χ2v) is 7.20. The van der Waals surface area contributed by atoms with Crippen LogP contribution in [0.25, 0.3) is 0 Å². The SMILES string of the molecule is CCCNC1CCCC1CN1CCC(N2CCCC2)C1. The van der Waals surface area contributed by atoms with E-state index in [2.05, 4.69) is 22.0 Å². The van der Waals surface area contributed by atoms with E-state index in [0.29, 0.717) is 0 Å². The van der Waals surface area contributed by atoms with Crippen molar-refractivity contribution < 1.29 is 0 Å². The monoisotopic (exact) mass is 279 g/mol. The predicted octanol–water partition coefficient (Wildman–Crippen LogP) is 2.32. The minimum absolute atomic E-state index is 0.806. The largest absolute Gasteiger partial charge is 0.314 e. The van der Waals surface area contributed by atoms with Gasteiger partial charge in [-0.2, -0.15) is 0 Å². The molecule has 3 heteroatoms. The topological polar surface area (TPSA) is 18.5 Å². The van der Waals surface area contributed by atoms with E-state index in [0.717, 1.165) is 18.0 Å². The van der Waals surface area contributed by atoms with Gasteiger partial charge in [0.2, 0.25) is 0 Å². The minimum Gasteiger partial charge on any atom is -0.314 e. The van der Waals surface area contributed by atoms with Crippen molar-refractivity contribution in [3.8, 4) is 0 Å². The van der Waals surface area contributed by atoms with Gasteiger partial charge in [-0.05, 0) is 70.6 Å². The Morgan fingerprint density at radius 1 is 1.00 bits per heavy atom. The Morgan fingerprint density at radius 2 is 1.85 bits per heavy atom. The summed E-state index contributed by atoms with van der Waals surface area (Å²) in [5.41, 5.74) is 0. The van der Waals surface area contributed by atoms with E-state index in [4.69, 9.17) is 0 Å². The number of nitrogens with zero attached hydrogens (tertiary/aromatic N) is 2. The Hall–Kier alpha value is -0.120. The van der Waals surface area contributed by atoms with Crippen molar-refractivity contribution >= 4 is 0 Å². The zero-order chi connectivity index (χ0) is 13.8. The lowest BCUT2D eigenvalue weighted by Gasteiger charge is -2.27. The van der Waals surface area contributed by atoms with Crippen molar-refractivity contribution in [2.45, 2.75) is 64.0 Å². The van der Waals surface area contributed by atoms with Crippen LogP contribution in [0.1, 0.15) is 51.9 Å². The van der Waals surface area contributed by atoms with E-state index >= 15 is 0 Å². The zero-order valence-electron chi connectivity index (χ0n) is 13.3. The standard InChI is InChI=1S/C17H33N3/c1-2-9-18-17-7-5-6-15(17)13-19-12-8-16(14-19)20-10-3-4-11-20/h15-18H,2-14H2,1H3. The average Bonchev–Trinajstić information content (AvgIpc) is 3.18. The second-order valence-electron chi connectivity index (χ2n) is 7.20. The molecule has 116 valence electrons. The van der Waals surface area contributed by atoms with Gasteiger partial charge in [0, 0.05) is 25.2 Å². The van der Waals surface area contributed by atoms with Crippen LogP contribution in [0.2, 0.25) is 0 Å². The van der Waals surface area contributed by atoms with Crippen LogP contribution in [-0.2, 0) is 0 Å². The molecule has 20 heavy (non-hydrogen) atoms. The molecule has 0 aromatic rings. The Labute approximate surface area is 125 Å². The second kappa shape index (κ2) is 7.24. The van der Waals surface area contributed by atoms with Crippen molar-refractivity contribution in [2.24, 2.45) is 5.92 Å². The van der Waals surface area contributed by atoms with Gasteiger partial charge in [-0.1, -0.05) is 13.3 Å². The van der Waals surface area contributed by atoms with Gasteiger partial charge >= 0.3 is 0 Å². The molecule has 0 radical (unpaired) electrons. The third-order valence-corrected chi connectivity index (χ3v) is 5.71. The van der Waals surface area contributed by atoms with Crippen LogP contribution in [-0.4, -0.2) is 61.2 Å². The third-order valence-electron chi connectivity index (χ3n) is 5.71. The first-order valence-corrected chi connectivity index (χ1v) is 9.06. The molecule has 0 amide bonds. The lowest BCUT2D eigenvalue weighted by atomic mass is 10.0. The fourth-order valence-electron chi connectivity index (χ4n) is 4.57. The van der Waals surface area contributed by atoms with Crippen LogP contribution >= 0.6 is 0 Å². The van der Waals surface area contributed by atoms with Gasteiger partial charge in [0.1, 0.15) is 0 Å². The molecule has 3 atom stereocenters. The van der Waals surface area contributed by atoms with E-state index in [9.17, 15) is 0 Å². The number of likely N-dealkylation sites (tertiary alicyclic amines) is 2. The van der Waals surface area contributed by atoms with Crippen LogP contribution in [0.3, 0.4) is 0 Å². The summed E-state index contributed by atoms with van der Waals surface area (Å²) in [6.07, 6.45) is 9.85. The van der Waals surface area contributed by atoms with Crippen molar-refractivity contribution in [1.29, 1.82) is 0 Å². The number of hydrogen-bond acceptors (Lipinski definition) is 3. The summed E-state index contributed by atoms with van der Waals surface area (Å²) in [5, 5.41) is 3.78. The summed E-state index contributed by atoms with van der Waals surface area (Å²) in [6, 6.07) is 1.68. The highest BCUT2D eigenvalue weighted by Gasteiger charge is 2.33. The lowest BCUT2D eigenvalue weighted by Crippen LogP contribution is -2.40. The molecule has 3 rings (SSSR count). The predicted molar refractivity (Wildman–Crippen MR) is 85.1 cm³/mol. The molecule has 3 fully saturated rings. The van der Waals surface area contributed by atoms with E-state index in [1.165, 1.54) is 84.2 Å². The highest BCUT2D eigenvalue weighted by atomic mass is 15.3. The normalized spacial score (nSPS) is 36.1. The van der Waals surface area contributed by atoms with Gasteiger partial charge in [-0.15, -0.1) is 0 Å². The van der Waals surface area contributed by atoms with Crippen LogP contribution < -0.4 is 5.32 Å². The molecule has 0 bridgehead atoms. The molecule has 0 aromatic carbocycles. The fraction of sp³-hybridized carbons (Fsp3) is 1.00. The van der Waals surface area contributed by atoms with Gasteiger partial charge in [-0.3, -0.25) is 4.90 Å². The lowest BCUT2D eigenvalue weighted by molar-refractivity contribution is 0.210. The van der Waals surface area contributed by atoms with Gasteiger partial charge in [0.15, 0.2) is 0 Å². The molecule has 1 saturated carbocycles. The van der Waals surface area contributed by atoms with Crippen LogP contribution in [0.5, 0.6) is 0 Å². The molecule has 0 spiro atoms. The Kier molecular flexibility index (Phi) is 5.36. The van der Waals surface area contributed by atoms with E-state index in [1.807, 2.05) is 0 Å². The Bertz CT molecular complexity index is 288. The van der Waals surface area contributed by atoms with Crippen molar-refractivity contribution in [3.05, 3.63) is 0 Å². The van der Waals surface area contributed by atoms with Crippen LogP contribution in [0.4, 0.5) is 0 Å². The van der Waals surface area contributed by atoms with Crippen LogP contribution in [0.15, 0.2) is 0 Å². The fourth-order valence-corrected chi connectivity index (χ4v) is 4.57. The quantitative estimate of drug-likeness (QED) is 0.805. The summed E-state index contributed by atoms with van der Waals surface area (Å²) in [6.45, 7) is 10.3. The van der Waals surface area contributed by atoms with Gasteiger partial charge in [0.05, 0.1) is 0 Å². The highest BCUT2D eigenvalue weighted by molar-refractivity contribution is 4.90. The van der Waals surface area contributed by atoms with E-state index < -0.39 is 0 Å². The average molecular weight is 279 g/mol. The van der Waals surface area contributed by atoms with E-state index in [1.54, 1.807) is 0 Å². The molecule has 2 heterocycles. The maximum Gasteiger partial charge on any atom is 0.0235 e. The van der Waals surface area contributed by atoms with Crippen molar-refractivity contribution in [1.82, 2.24) is 15.1 Å². The molecule has 3 unspecified atom stereocenters. The minimum atomic E-state index is 0.806. The number of hydrogen-bond donors (Lipinski definition) is 1. The van der Waals surface area contributed by atoms with Crippen molar-refractivity contribution in [2.75, 3.05) is 39.3 Å². The van der Waals surface area contributed by atoms with Gasteiger partial charge in [-0.25, -0.2) is 0 Å². The smallest absolute Gasteiger partial charge is 0.0235 e. The maximum absolute atomic E-state index is 3.78. The molecule has 3 nitrogen and oxygen atoms in total. The molecule has 2 aliphatic heterocycles. The maximum atomic E-state index is 3.78. The summed E-state index contributed by atoms with van der Waals surface area (Å²) >= 11 is 0. The molecule has 1 aliphatic carbocycles. The molecule has 0 aromatic heterocycles. The van der Waals surface area contributed by atoms with Crippen molar-refractivity contribution in [3.63, 3.8) is 0 Å². The summed E-state index contributed by atoms with van der Waals surface area (Å²) in [4.78, 5) is 5.51. The highest BCUT2D eigenvalue weighted by Crippen LogP contribution is 2.28. The Balaban J connectivity index is 1.43.